The molecule has 0 saturated heterocycles. The average molecular weight is 416 g/mol. The lowest BCUT2D eigenvalue weighted by Gasteiger charge is -2.27. The number of benzene rings is 1. The smallest absolute Gasteiger partial charge is 0.245 e. The van der Waals surface area contributed by atoms with E-state index in [1.165, 1.54) is 4.90 Å². The van der Waals surface area contributed by atoms with Crippen molar-refractivity contribution >= 4 is 46.6 Å². The fourth-order valence-electron chi connectivity index (χ4n) is 2.24. The first-order valence-corrected chi connectivity index (χ1v) is 9.56. The lowest BCUT2D eigenvalue weighted by molar-refractivity contribution is -0.139. The first kappa shape index (κ1) is 23.2. The second kappa shape index (κ2) is 9.95. The van der Waals surface area contributed by atoms with Crippen LogP contribution in [0.3, 0.4) is 0 Å². The van der Waals surface area contributed by atoms with E-state index in [4.69, 9.17) is 23.2 Å². The van der Waals surface area contributed by atoms with E-state index in [1.807, 2.05) is 6.92 Å². The maximum Gasteiger partial charge on any atom is 0.245 e. The van der Waals surface area contributed by atoms with Crippen LogP contribution in [0.5, 0.6) is 0 Å². The molecular weight excluding hydrogens is 389 g/mol. The van der Waals surface area contributed by atoms with E-state index in [2.05, 4.69) is 10.6 Å². The van der Waals surface area contributed by atoms with Gasteiger partial charge in [-0.1, -0.05) is 50.9 Å². The van der Waals surface area contributed by atoms with Crippen molar-refractivity contribution < 1.29 is 14.4 Å². The Hall–Kier alpha value is -1.79. The molecule has 6 nitrogen and oxygen atoms in total. The third-order valence-electron chi connectivity index (χ3n) is 3.74. The Bertz CT molecular complexity index is 702. The largest absolute Gasteiger partial charge is 0.344 e. The number of carbonyl (C=O) groups excluding carboxylic acids is 3. The zero-order valence-corrected chi connectivity index (χ0v) is 17.9. The van der Waals surface area contributed by atoms with E-state index in [1.54, 1.807) is 45.9 Å². The molecule has 1 aromatic rings. The minimum Gasteiger partial charge on any atom is -0.344 e. The van der Waals surface area contributed by atoms with Crippen LogP contribution in [0.15, 0.2) is 18.2 Å². The van der Waals surface area contributed by atoms with Crippen LogP contribution in [0.25, 0.3) is 0 Å². The highest BCUT2D eigenvalue weighted by Crippen LogP contribution is 2.25. The summed E-state index contributed by atoms with van der Waals surface area (Å²) in [4.78, 5) is 38.6. The van der Waals surface area contributed by atoms with Crippen molar-refractivity contribution in [2.24, 2.45) is 5.41 Å². The molecule has 0 radical (unpaired) electrons. The Balaban J connectivity index is 2.79. The van der Waals surface area contributed by atoms with Gasteiger partial charge < -0.3 is 15.5 Å². The van der Waals surface area contributed by atoms with Gasteiger partial charge in [0.05, 0.1) is 17.3 Å². The van der Waals surface area contributed by atoms with Gasteiger partial charge in [-0.15, -0.1) is 0 Å². The van der Waals surface area contributed by atoms with Crippen molar-refractivity contribution in [2.45, 2.75) is 47.1 Å². The van der Waals surface area contributed by atoms with E-state index in [-0.39, 0.29) is 18.4 Å². The summed E-state index contributed by atoms with van der Waals surface area (Å²) in [6.45, 7) is 9.07. The quantitative estimate of drug-likeness (QED) is 0.711. The van der Waals surface area contributed by atoms with Crippen molar-refractivity contribution in [3.8, 4) is 0 Å². The molecule has 150 valence electrons. The molecule has 3 amide bonds. The second-order valence-corrected chi connectivity index (χ2v) is 8.22. The molecule has 0 fully saturated rings. The Labute approximate surface area is 170 Å². The molecular formula is C19H27Cl2N3O3. The van der Waals surface area contributed by atoms with Crippen molar-refractivity contribution in [1.82, 2.24) is 10.2 Å². The molecule has 2 N–H and O–H groups in total. The van der Waals surface area contributed by atoms with Gasteiger partial charge >= 0.3 is 0 Å². The lowest BCUT2D eigenvalue weighted by Crippen LogP contribution is -2.51. The summed E-state index contributed by atoms with van der Waals surface area (Å²) < 4.78 is 0. The number of anilines is 1. The molecule has 0 saturated carbocycles. The van der Waals surface area contributed by atoms with Gasteiger partial charge in [0.15, 0.2) is 0 Å². The maximum atomic E-state index is 12.7. The van der Waals surface area contributed by atoms with Gasteiger partial charge in [0.25, 0.3) is 0 Å². The number of halogens is 2. The third-order valence-corrected chi connectivity index (χ3v) is 4.31. The highest BCUT2D eigenvalue weighted by Gasteiger charge is 2.28. The summed E-state index contributed by atoms with van der Waals surface area (Å²) in [5.41, 5.74) is -0.225. The fourth-order valence-corrected chi connectivity index (χ4v) is 2.58. The van der Waals surface area contributed by atoms with Gasteiger partial charge in [0, 0.05) is 17.0 Å². The number of nitrogens with zero attached hydrogens (tertiary/aromatic N) is 1. The van der Waals surface area contributed by atoms with E-state index >= 15 is 0 Å². The summed E-state index contributed by atoms with van der Waals surface area (Å²) in [6, 6.07) is 4.01. The van der Waals surface area contributed by atoms with E-state index in [0.717, 1.165) is 0 Å². The first-order valence-electron chi connectivity index (χ1n) is 8.80. The molecule has 27 heavy (non-hydrogen) atoms. The van der Waals surface area contributed by atoms with Gasteiger partial charge in [-0.25, -0.2) is 0 Å². The third kappa shape index (κ3) is 7.39. The van der Waals surface area contributed by atoms with E-state index in [0.29, 0.717) is 28.7 Å². The Morgan fingerprint density at radius 2 is 1.81 bits per heavy atom. The van der Waals surface area contributed by atoms with Gasteiger partial charge in [-0.2, -0.15) is 0 Å². The number of hydrogen-bond acceptors (Lipinski definition) is 3. The summed E-state index contributed by atoms with van der Waals surface area (Å²) in [5.74, 6) is -0.938. The molecule has 0 heterocycles. The molecule has 0 aliphatic rings. The molecule has 8 heteroatoms. The van der Waals surface area contributed by atoms with Crippen molar-refractivity contribution in [3.63, 3.8) is 0 Å². The zero-order valence-electron chi connectivity index (χ0n) is 16.4. The van der Waals surface area contributed by atoms with Crippen LogP contribution >= 0.6 is 23.2 Å². The molecule has 1 rings (SSSR count). The Kier molecular flexibility index (Phi) is 8.57. The standard InChI is InChI=1S/C19H27Cl2N3O3/c1-6-9-24(17(26)12(2)22-18(27)19(3,4)5)11-16(25)23-15-10-13(20)7-8-14(15)21/h7-8,10,12H,6,9,11H2,1-5H3,(H,22,27)(H,23,25). The maximum absolute atomic E-state index is 12.7. The molecule has 0 spiro atoms. The highest BCUT2D eigenvalue weighted by molar-refractivity contribution is 6.35. The van der Waals surface area contributed by atoms with Crippen LogP contribution in [0.2, 0.25) is 10.0 Å². The predicted molar refractivity (Wildman–Crippen MR) is 109 cm³/mol. The van der Waals surface area contributed by atoms with Crippen LogP contribution in [0, 0.1) is 5.41 Å². The predicted octanol–water partition coefficient (Wildman–Crippen LogP) is 3.72. The number of hydrogen-bond donors (Lipinski definition) is 2. The minimum absolute atomic E-state index is 0.148. The van der Waals surface area contributed by atoms with Crippen LogP contribution in [-0.4, -0.2) is 41.8 Å². The van der Waals surface area contributed by atoms with Crippen molar-refractivity contribution in [3.05, 3.63) is 28.2 Å². The number of carbonyl (C=O) groups is 3. The van der Waals surface area contributed by atoms with Gasteiger partial charge in [-0.3, -0.25) is 14.4 Å². The summed E-state index contributed by atoms with van der Waals surface area (Å²) in [5, 5.41) is 6.15. The van der Waals surface area contributed by atoms with Gasteiger partial charge in [0.1, 0.15) is 6.04 Å². The van der Waals surface area contributed by atoms with Crippen LogP contribution in [-0.2, 0) is 14.4 Å². The van der Waals surface area contributed by atoms with Crippen LogP contribution < -0.4 is 10.6 Å². The Morgan fingerprint density at radius 3 is 2.37 bits per heavy atom. The molecule has 1 aromatic carbocycles. The SMILES string of the molecule is CCCN(CC(=O)Nc1cc(Cl)ccc1Cl)C(=O)C(C)NC(=O)C(C)(C)C. The van der Waals surface area contributed by atoms with Gasteiger partial charge in [-0.05, 0) is 31.5 Å². The van der Waals surface area contributed by atoms with Gasteiger partial charge in [0.2, 0.25) is 17.7 Å². The molecule has 0 aliphatic heterocycles. The second-order valence-electron chi connectivity index (χ2n) is 7.38. The van der Waals surface area contributed by atoms with Crippen molar-refractivity contribution in [1.29, 1.82) is 0 Å². The zero-order chi connectivity index (χ0) is 20.8. The fraction of sp³-hybridized carbons (Fsp3) is 0.526. The molecule has 1 unspecified atom stereocenters. The number of rotatable bonds is 7. The van der Waals surface area contributed by atoms with Crippen LogP contribution in [0.4, 0.5) is 5.69 Å². The van der Waals surface area contributed by atoms with E-state index < -0.39 is 17.4 Å². The van der Waals surface area contributed by atoms with E-state index in [9.17, 15) is 14.4 Å². The first-order chi connectivity index (χ1) is 12.5. The van der Waals surface area contributed by atoms with Crippen LogP contribution in [0.1, 0.15) is 41.0 Å². The minimum atomic E-state index is -0.731. The average Bonchev–Trinajstić information content (AvgIpc) is 2.56. The molecule has 0 aliphatic carbocycles. The Morgan fingerprint density at radius 1 is 1.19 bits per heavy atom. The summed E-state index contributed by atoms with van der Waals surface area (Å²) >= 11 is 12.0. The summed E-state index contributed by atoms with van der Waals surface area (Å²) in [7, 11) is 0. The topological polar surface area (TPSA) is 78.5 Å². The summed E-state index contributed by atoms with van der Waals surface area (Å²) in [6.07, 6.45) is 0.677. The lowest BCUT2D eigenvalue weighted by atomic mass is 9.95. The normalized spacial score (nSPS) is 12.3. The monoisotopic (exact) mass is 415 g/mol. The highest BCUT2D eigenvalue weighted by atomic mass is 35.5. The molecule has 1 atom stereocenters. The number of amides is 3. The molecule has 0 aromatic heterocycles. The van der Waals surface area contributed by atoms with Crippen molar-refractivity contribution in [2.75, 3.05) is 18.4 Å². The number of nitrogens with one attached hydrogen (secondary N) is 2. The molecule has 0 bridgehead atoms.